The van der Waals surface area contributed by atoms with Crippen molar-refractivity contribution in [1.82, 2.24) is 9.72 Å². The molecule has 0 unspecified atom stereocenters. The van der Waals surface area contributed by atoms with Gasteiger partial charge in [-0.2, -0.15) is 0 Å². The number of benzene rings is 1. The van der Waals surface area contributed by atoms with Gasteiger partial charge in [0.15, 0.2) is 22.3 Å². The standard InChI is InChI=1S/C21H22N2O6S/c1-13-8-18(15(3)23(13)20-9-14(2)29-22-20)19(24)11-28-21(25)17-7-5-6-16(10-17)12-30(4,26)27/h5-10H,11-12H2,1-4H3. The molecule has 2 aromatic heterocycles. The summed E-state index contributed by atoms with van der Waals surface area (Å²) in [5.41, 5.74) is 2.55. The van der Waals surface area contributed by atoms with Crippen molar-refractivity contribution in [2.75, 3.05) is 12.9 Å². The SMILES string of the molecule is Cc1cc(-n2c(C)cc(C(=O)COC(=O)c3cccc(CS(C)(=O)=O)c3)c2C)no1. The fraction of sp³-hybridized carbons (Fsp3) is 0.286. The molecule has 0 aliphatic carbocycles. The minimum absolute atomic E-state index is 0.180. The summed E-state index contributed by atoms with van der Waals surface area (Å²) in [5, 5.41) is 3.98. The zero-order chi connectivity index (χ0) is 22.1. The van der Waals surface area contributed by atoms with E-state index in [9.17, 15) is 18.0 Å². The van der Waals surface area contributed by atoms with Crippen LogP contribution in [0.2, 0.25) is 0 Å². The minimum Gasteiger partial charge on any atom is -0.454 e. The van der Waals surface area contributed by atoms with Gasteiger partial charge in [-0.05, 0) is 44.5 Å². The first kappa shape index (κ1) is 21.5. The van der Waals surface area contributed by atoms with E-state index in [1.807, 2.05) is 6.92 Å². The molecule has 30 heavy (non-hydrogen) atoms. The molecular formula is C21H22N2O6S. The summed E-state index contributed by atoms with van der Waals surface area (Å²) in [4.78, 5) is 25.0. The van der Waals surface area contributed by atoms with Crippen molar-refractivity contribution in [3.63, 3.8) is 0 Å². The van der Waals surface area contributed by atoms with Gasteiger partial charge >= 0.3 is 5.97 Å². The number of ketones is 1. The lowest BCUT2D eigenvalue weighted by Gasteiger charge is -2.07. The molecule has 3 aromatic rings. The highest BCUT2D eigenvalue weighted by atomic mass is 32.2. The molecule has 3 rings (SSSR count). The third-order valence-electron chi connectivity index (χ3n) is 4.50. The van der Waals surface area contributed by atoms with Crippen LogP contribution in [0.3, 0.4) is 0 Å². The maximum absolute atomic E-state index is 12.6. The van der Waals surface area contributed by atoms with E-state index in [-0.39, 0.29) is 17.1 Å². The Morgan fingerprint density at radius 1 is 1.13 bits per heavy atom. The molecule has 0 spiro atoms. The summed E-state index contributed by atoms with van der Waals surface area (Å²) >= 11 is 0. The van der Waals surface area contributed by atoms with Crippen LogP contribution in [0.1, 0.15) is 43.4 Å². The van der Waals surface area contributed by atoms with Crippen LogP contribution in [0.15, 0.2) is 40.9 Å². The van der Waals surface area contributed by atoms with E-state index >= 15 is 0 Å². The van der Waals surface area contributed by atoms with E-state index in [1.54, 1.807) is 42.7 Å². The summed E-state index contributed by atoms with van der Waals surface area (Å²) in [6.07, 6.45) is 1.12. The highest BCUT2D eigenvalue weighted by Gasteiger charge is 2.20. The van der Waals surface area contributed by atoms with Gasteiger partial charge in [0.25, 0.3) is 0 Å². The van der Waals surface area contributed by atoms with Gasteiger partial charge in [0.2, 0.25) is 5.78 Å². The van der Waals surface area contributed by atoms with Crippen molar-refractivity contribution in [1.29, 1.82) is 0 Å². The van der Waals surface area contributed by atoms with Crippen LogP contribution in [0, 0.1) is 20.8 Å². The van der Waals surface area contributed by atoms with Gasteiger partial charge in [-0.15, -0.1) is 0 Å². The summed E-state index contributed by atoms with van der Waals surface area (Å²) in [6.45, 7) is 4.96. The Labute approximate surface area is 174 Å². The number of carbonyl (C=O) groups is 2. The van der Waals surface area contributed by atoms with Crippen LogP contribution >= 0.6 is 0 Å². The van der Waals surface area contributed by atoms with Gasteiger partial charge < -0.3 is 9.26 Å². The van der Waals surface area contributed by atoms with Gasteiger partial charge in [0, 0.05) is 29.3 Å². The predicted molar refractivity (Wildman–Crippen MR) is 110 cm³/mol. The topological polar surface area (TPSA) is 108 Å². The second kappa shape index (κ2) is 8.27. The molecule has 9 heteroatoms. The number of aromatic nitrogens is 2. The van der Waals surface area contributed by atoms with Gasteiger partial charge in [0.05, 0.1) is 11.3 Å². The molecule has 0 radical (unpaired) electrons. The van der Waals surface area contributed by atoms with Gasteiger partial charge in [0.1, 0.15) is 5.76 Å². The molecule has 8 nitrogen and oxygen atoms in total. The van der Waals surface area contributed by atoms with Crippen molar-refractivity contribution in [2.24, 2.45) is 0 Å². The molecule has 2 heterocycles. The van der Waals surface area contributed by atoms with Crippen LogP contribution in [-0.4, -0.2) is 42.8 Å². The van der Waals surface area contributed by atoms with Crippen LogP contribution < -0.4 is 0 Å². The Morgan fingerprint density at radius 2 is 1.87 bits per heavy atom. The molecular weight excluding hydrogens is 408 g/mol. The largest absolute Gasteiger partial charge is 0.454 e. The second-order valence-electron chi connectivity index (χ2n) is 7.19. The molecule has 0 bridgehead atoms. The number of Topliss-reactive ketones (excluding diaryl/α,β-unsaturated/α-hetero) is 1. The number of hydrogen-bond acceptors (Lipinski definition) is 7. The van der Waals surface area contributed by atoms with Crippen molar-refractivity contribution in [3.05, 3.63) is 70.2 Å². The summed E-state index contributed by atoms with van der Waals surface area (Å²) < 4.78 is 34.9. The van der Waals surface area contributed by atoms with Crippen LogP contribution in [0.4, 0.5) is 0 Å². The number of nitrogens with zero attached hydrogens (tertiary/aromatic N) is 2. The zero-order valence-corrected chi connectivity index (χ0v) is 17.9. The normalized spacial score (nSPS) is 11.5. The smallest absolute Gasteiger partial charge is 0.338 e. The number of carbonyl (C=O) groups excluding carboxylic acids is 2. The first-order valence-electron chi connectivity index (χ1n) is 9.15. The Hall–Kier alpha value is -3.20. The lowest BCUT2D eigenvalue weighted by molar-refractivity contribution is 0.0474. The molecule has 158 valence electrons. The van der Waals surface area contributed by atoms with E-state index in [0.29, 0.717) is 28.4 Å². The van der Waals surface area contributed by atoms with Crippen molar-refractivity contribution in [3.8, 4) is 5.82 Å². The monoisotopic (exact) mass is 430 g/mol. The average Bonchev–Trinajstić information content (AvgIpc) is 3.20. The van der Waals surface area contributed by atoms with Gasteiger partial charge in [-0.25, -0.2) is 13.2 Å². The average molecular weight is 430 g/mol. The lowest BCUT2D eigenvalue weighted by Crippen LogP contribution is -2.15. The molecule has 0 aliphatic heterocycles. The Balaban J connectivity index is 1.72. The highest BCUT2D eigenvalue weighted by Crippen LogP contribution is 2.21. The molecule has 0 saturated carbocycles. The number of esters is 1. The quantitative estimate of drug-likeness (QED) is 0.419. The zero-order valence-electron chi connectivity index (χ0n) is 17.1. The van der Waals surface area contributed by atoms with Crippen LogP contribution in [0.5, 0.6) is 0 Å². The van der Waals surface area contributed by atoms with Crippen molar-refractivity contribution in [2.45, 2.75) is 26.5 Å². The molecule has 1 aromatic carbocycles. The number of hydrogen-bond donors (Lipinski definition) is 0. The van der Waals surface area contributed by atoms with E-state index in [1.165, 1.54) is 12.1 Å². The molecule has 0 amide bonds. The number of sulfone groups is 1. The maximum Gasteiger partial charge on any atom is 0.338 e. The molecule has 0 saturated heterocycles. The van der Waals surface area contributed by atoms with Crippen molar-refractivity contribution < 1.29 is 27.3 Å². The first-order valence-corrected chi connectivity index (χ1v) is 11.2. The highest BCUT2D eigenvalue weighted by molar-refractivity contribution is 7.89. The third kappa shape index (κ3) is 4.85. The fourth-order valence-electron chi connectivity index (χ4n) is 3.24. The van der Waals surface area contributed by atoms with Crippen LogP contribution in [-0.2, 0) is 20.3 Å². The van der Waals surface area contributed by atoms with E-state index < -0.39 is 22.4 Å². The lowest BCUT2D eigenvalue weighted by atomic mass is 10.1. The van der Waals surface area contributed by atoms with E-state index in [0.717, 1.165) is 11.9 Å². The third-order valence-corrected chi connectivity index (χ3v) is 5.36. The summed E-state index contributed by atoms with van der Waals surface area (Å²) in [5.74, 6) is -0.00547. The maximum atomic E-state index is 12.6. The Bertz CT molecular complexity index is 1220. The molecule has 0 N–H and O–H groups in total. The first-order chi connectivity index (χ1) is 14.0. The summed E-state index contributed by atoms with van der Waals surface area (Å²) in [6, 6.07) is 9.62. The summed E-state index contributed by atoms with van der Waals surface area (Å²) in [7, 11) is -3.23. The predicted octanol–water partition coefficient (Wildman–Crippen LogP) is 2.97. The minimum atomic E-state index is -3.23. The Kier molecular flexibility index (Phi) is 5.93. The fourth-order valence-corrected chi connectivity index (χ4v) is 4.02. The molecule has 0 fully saturated rings. The van der Waals surface area contributed by atoms with Crippen LogP contribution in [0.25, 0.3) is 5.82 Å². The number of aryl methyl sites for hydroxylation is 2. The van der Waals surface area contributed by atoms with Crippen molar-refractivity contribution >= 4 is 21.6 Å². The van der Waals surface area contributed by atoms with Gasteiger partial charge in [-0.1, -0.05) is 17.3 Å². The molecule has 0 aliphatic rings. The number of ether oxygens (including phenoxy) is 1. The Morgan fingerprint density at radius 3 is 2.50 bits per heavy atom. The molecule has 0 atom stereocenters. The number of rotatable bonds is 7. The second-order valence-corrected chi connectivity index (χ2v) is 9.33. The van der Waals surface area contributed by atoms with E-state index in [4.69, 9.17) is 9.26 Å². The van der Waals surface area contributed by atoms with E-state index in [2.05, 4.69) is 5.16 Å². The van der Waals surface area contributed by atoms with Gasteiger partial charge in [-0.3, -0.25) is 9.36 Å².